The number of aromatic nitrogens is 2. The zero-order valence-electron chi connectivity index (χ0n) is 21.1. The number of amides is 1. The van der Waals surface area contributed by atoms with Crippen molar-refractivity contribution >= 4 is 27.6 Å². The van der Waals surface area contributed by atoms with Crippen molar-refractivity contribution in [3.05, 3.63) is 64.6 Å². The number of aromatic carboxylic acids is 1. The smallest absolute Gasteiger partial charge is 0.356 e. The summed E-state index contributed by atoms with van der Waals surface area (Å²) in [7, 11) is -4.12. The maximum atomic E-state index is 13.6. The van der Waals surface area contributed by atoms with E-state index in [9.17, 15) is 27.5 Å². The third kappa shape index (κ3) is 6.15. The van der Waals surface area contributed by atoms with Gasteiger partial charge < -0.3 is 15.2 Å². The second-order valence-electron chi connectivity index (χ2n) is 8.51. The van der Waals surface area contributed by atoms with Gasteiger partial charge in [0.05, 0.1) is 0 Å². The Hall–Kier alpha value is -3.77. The Morgan fingerprint density at radius 2 is 1.86 bits per heavy atom. The number of sulfonamides is 1. The molecular formula is C25H29FN4O6S. The van der Waals surface area contributed by atoms with Crippen LogP contribution in [-0.2, 0) is 16.6 Å². The molecule has 0 spiro atoms. The normalized spacial score (nSPS) is 12.3. The van der Waals surface area contributed by atoms with Crippen LogP contribution in [0.2, 0.25) is 0 Å². The zero-order chi connectivity index (χ0) is 27.5. The molecule has 0 aliphatic carbocycles. The predicted octanol–water partition coefficient (Wildman–Crippen LogP) is 4.48. The minimum absolute atomic E-state index is 0.0819. The van der Waals surface area contributed by atoms with Crippen molar-refractivity contribution in [1.29, 1.82) is 0 Å². The lowest BCUT2D eigenvalue weighted by Crippen LogP contribution is -2.32. The first-order valence-electron chi connectivity index (χ1n) is 11.6. The van der Waals surface area contributed by atoms with Crippen LogP contribution in [0, 0.1) is 19.7 Å². The van der Waals surface area contributed by atoms with Gasteiger partial charge in [-0.2, -0.15) is 5.10 Å². The van der Waals surface area contributed by atoms with E-state index in [-0.39, 0.29) is 51.6 Å². The number of halogens is 1. The number of nitrogens with zero attached hydrogens (tertiary/aromatic N) is 2. The first-order chi connectivity index (χ1) is 17.4. The van der Waals surface area contributed by atoms with E-state index in [4.69, 9.17) is 4.74 Å². The maximum Gasteiger partial charge on any atom is 0.356 e. The lowest BCUT2D eigenvalue weighted by Gasteiger charge is -2.17. The monoisotopic (exact) mass is 532 g/mol. The summed E-state index contributed by atoms with van der Waals surface area (Å²) in [6.07, 6.45) is 0.527. The predicted molar refractivity (Wildman–Crippen MR) is 135 cm³/mol. The van der Waals surface area contributed by atoms with E-state index in [1.54, 1.807) is 13.8 Å². The molecule has 2 aromatic carbocycles. The van der Waals surface area contributed by atoms with Crippen molar-refractivity contribution in [2.75, 3.05) is 5.32 Å². The fourth-order valence-corrected chi connectivity index (χ4v) is 4.95. The first kappa shape index (κ1) is 27.8. The summed E-state index contributed by atoms with van der Waals surface area (Å²) in [5, 5.41) is 16.1. The maximum absolute atomic E-state index is 13.6. The SMILES string of the molecule is CCC(C)NS(=O)(=O)c1cc(NC(=O)c2ccc(F)c(C)c2)ccc1Oc1c(C)c(C(=O)O)nn1CC. The van der Waals surface area contributed by atoms with Crippen molar-refractivity contribution < 1.29 is 32.2 Å². The Morgan fingerprint density at radius 3 is 2.46 bits per heavy atom. The Bertz CT molecular complexity index is 1450. The molecule has 12 heteroatoms. The largest absolute Gasteiger partial charge is 0.476 e. The summed E-state index contributed by atoms with van der Waals surface area (Å²) in [5.41, 5.74) is 0.677. The zero-order valence-corrected chi connectivity index (χ0v) is 21.9. The molecule has 0 saturated heterocycles. The molecule has 10 nitrogen and oxygen atoms in total. The van der Waals surface area contributed by atoms with Gasteiger partial charge in [0.1, 0.15) is 16.5 Å². The minimum atomic E-state index is -4.12. The molecule has 1 atom stereocenters. The van der Waals surface area contributed by atoms with Crippen LogP contribution in [0.3, 0.4) is 0 Å². The number of aryl methyl sites for hydroxylation is 2. The summed E-state index contributed by atoms with van der Waals surface area (Å²) >= 11 is 0. The summed E-state index contributed by atoms with van der Waals surface area (Å²) < 4.78 is 50.0. The van der Waals surface area contributed by atoms with Crippen molar-refractivity contribution in [3.8, 4) is 11.6 Å². The minimum Gasteiger partial charge on any atom is -0.476 e. The van der Waals surface area contributed by atoms with Crippen LogP contribution in [0.4, 0.5) is 10.1 Å². The molecule has 0 aliphatic rings. The Labute approximate surface area is 214 Å². The topological polar surface area (TPSA) is 140 Å². The van der Waals surface area contributed by atoms with Crippen LogP contribution in [0.15, 0.2) is 41.3 Å². The number of hydrogen-bond acceptors (Lipinski definition) is 6. The number of benzene rings is 2. The number of carboxylic acids is 1. The third-order valence-corrected chi connectivity index (χ3v) is 7.33. The van der Waals surface area contributed by atoms with E-state index in [2.05, 4.69) is 15.1 Å². The van der Waals surface area contributed by atoms with Crippen LogP contribution >= 0.6 is 0 Å². The molecule has 0 radical (unpaired) electrons. The Morgan fingerprint density at radius 1 is 1.16 bits per heavy atom. The Balaban J connectivity index is 2.06. The Kier molecular flexibility index (Phi) is 8.34. The quantitative estimate of drug-likeness (QED) is 0.350. The van der Waals surface area contributed by atoms with Crippen LogP contribution in [-0.4, -0.2) is 41.2 Å². The van der Waals surface area contributed by atoms with E-state index in [1.165, 1.54) is 54.9 Å². The summed E-state index contributed by atoms with van der Waals surface area (Å²) in [4.78, 5) is 24.0. The fourth-order valence-electron chi connectivity index (χ4n) is 3.47. The second-order valence-corrected chi connectivity index (χ2v) is 10.2. The molecule has 3 N–H and O–H groups in total. The number of carbonyl (C=O) groups excluding carboxylic acids is 1. The molecule has 1 unspecified atom stereocenters. The molecule has 3 aromatic rings. The molecule has 37 heavy (non-hydrogen) atoms. The molecule has 1 amide bonds. The molecule has 0 bridgehead atoms. The van der Waals surface area contributed by atoms with E-state index >= 15 is 0 Å². The highest BCUT2D eigenvalue weighted by atomic mass is 32.2. The first-order valence-corrected chi connectivity index (χ1v) is 13.1. The number of ether oxygens (including phenoxy) is 1. The molecule has 1 aromatic heterocycles. The molecule has 0 aliphatic heterocycles. The van der Waals surface area contributed by atoms with Crippen LogP contribution in [0.25, 0.3) is 0 Å². The highest BCUT2D eigenvalue weighted by Crippen LogP contribution is 2.34. The highest BCUT2D eigenvalue weighted by Gasteiger charge is 2.26. The molecule has 1 heterocycles. The third-order valence-electron chi connectivity index (χ3n) is 5.72. The number of anilines is 1. The average molecular weight is 533 g/mol. The van der Waals surface area contributed by atoms with Gasteiger partial charge in [0.25, 0.3) is 5.91 Å². The van der Waals surface area contributed by atoms with Gasteiger partial charge in [0, 0.05) is 29.4 Å². The van der Waals surface area contributed by atoms with Crippen molar-refractivity contribution in [2.24, 2.45) is 0 Å². The fraction of sp³-hybridized carbons (Fsp3) is 0.320. The number of carboxylic acid groups (broad SMARTS) is 1. The average Bonchev–Trinajstić information content (AvgIpc) is 3.16. The second kappa shape index (κ2) is 11.1. The van der Waals surface area contributed by atoms with Crippen molar-refractivity contribution in [1.82, 2.24) is 14.5 Å². The van der Waals surface area contributed by atoms with Crippen molar-refractivity contribution in [2.45, 2.75) is 58.5 Å². The number of hydrogen-bond donors (Lipinski definition) is 3. The van der Waals surface area contributed by atoms with Crippen molar-refractivity contribution in [3.63, 3.8) is 0 Å². The van der Waals surface area contributed by atoms with Gasteiger partial charge in [0.15, 0.2) is 5.69 Å². The molecule has 0 fully saturated rings. The molecule has 198 valence electrons. The van der Waals surface area contributed by atoms with E-state index in [0.717, 1.165) is 0 Å². The van der Waals surface area contributed by atoms with Gasteiger partial charge in [-0.05, 0) is 76.1 Å². The molecule has 3 rings (SSSR count). The number of nitrogens with one attached hydrogen (secondary N) is 2. The van der Waals surface area contributed by atoms with Crippen LogP contribution < -0.4 is 14.8 Å². The van der Waals surface area contributed by atoms with Gasteiger partial charge in [-0.3, -0.25) is 4.79 Å². The van der Waals surface area contributed by atoms with Gasteiger partial charge in [-0.15, -0.1) is 0 Å². The summed E-state index contributed by atoms with van der Waals surface area (Å²) in [6, 6.07) is 7.56. The lowest BCUT2D eigenvalue weighted by atomic mass is 10.1. The molecular weight excluding hydrogens is 503 g/mol. The van der Waals surface area contributed by atoms with Crippen LogP contribution in [0.1, 0.15) is 59.2 Å². The van der Waals surface area contributed by atoms with Gasteiger partial charge >= 0.3 is 5.97 Å². The van der Waals surface area contributed by atoms with E-state index in [0.29, 0.717) is 12.0 Å². The van der Waals surface area contributed by atoms with Gasteiger partial charge in [-0.1, -0.05) is 6.92 Å². The standard InChI is InChI=1S/C25H29FN4O6S/c1-6-15(4)29-37(34,35)21-13-18(27-23(31)17-8-10-19(26)14(3)12-17)9-11-20(21)36-24-16(5)22(25(32)33)28-30(24)7-2/h8-13,15,29H,6-7H2,1-5H3,(H,27,31)(H,32,33). The number of carbonyl (C=O) groups is 2. The van der Waals surface area contributed by atoms with Gasteiger partial charge in [-0.25, -0.2) is 27.0 Å². The van der Waals surface area contributed by atoms with Gasteiger partial charge in [0.2, 0.25) is 15.9 Å². The van der Waals surface area contributed by atoms with E-state index < -0.39 is 27.7 Å². The highest BCUT2D eigenvalue weighted by molar-refractivity contribution is 7.89. The van der Waals surface area contributed by atoms with Crippen LogP contribution in [0.5, 0.6) is 11.6 Å². The van der Waals surface area contributed by atoms with E-state index in [1.807, 2.05) is 6.92 Å². The summed E-state index contributed by atoms with van der Waals surface area (Å²) in [5.74, 6) is -2.24. The number of rotatable bonds is 10. The summed E-state index contributed by atoms with van der Waals surface area (Å²) in [6.45, 7) is 8.59. The lowest BCUT2D eigenvalue weighted by molar-refractivity contribution is 0.0688. The molecule has 0 saturated carbocycles.